The highest BCUT2D eigenvalue weighted by Gasteiger charge is 2.57. The molecule has 0 saturated heterocycles. The molecule has 1 fully saturated rings. The maximum absolute atomic E-state index is 12.7. The second-order valence-electron chi connectivity index (χ2n) is 4.03. The van der Waals surface area contributed by atoms with Gasteiger partial charge in [0.05, 0.1) is 17.2 Å². The van der Waals surface area contributed by atoms with Crippen molar-refractivity contribution in [2.24, 2.45) is 5.92 Å². The van der Waals surface area contributed by atoms with E-state index in [2.05, 4.69) is 0 Å². The Labute approximate surface area is 93.4 Å². The number of nitriles is 1. The largest absolute Gasteiger partial charge is 0.229 e. The molecule has 0 N–H and O–H groups in total. The molecule has 0 amide bonds. The van der Waals surface area contributed by atoms with Gasteiger partial charge in [0.25, 0.3) is 0 Å². The molecule has 0 heterocycles. The molecule has 16 heavy (non-hydrogen) atoms. The van der Waals surface area contributed by atoms with E-state index in [9.17, 15) is 12.8 Å². The Morgan fingerprint density at radius 3 is 2.25 bits per heavy atom. The van der Waals surface area contributed by atoms with Crippen LogP contribution in [0.15, 0.2) is 24.3 Å². The van der Waals surface area contributed by atoms with Crippen molar-refractivity contribution in [3.05, 3.63) is 35.6 Å². The molecule has 0 radical (unpaired) electrons. The Balaban J connectivity index is 2.31. The normalized spacial score (nSPS) is 28.4. The Morgan fingerprint density at radius 2 is 1.88 bits per heavy atom. The van der Waals surface area contributed by atoms with Crippen LogP contribution in [0, 0.1) is 23.1 Å². The maximum atomic E-state index is 12.7. The van der Waals surface area contributed by atoms with Gasteiger partial charge in [-0.05, 0) is 17.7 Å². The van der Waals surface area contributed by atoms with Crippen LogP contribution in [0.1, 0.15) is 11.5 Å². The van der Waals surface area contributed by atoms with E-state index in [1.807, 2.05) is 6.07 Å². The summed E-state index contributed by atoms with van der Waals surface area (Å²) in [5.74, 6) is -1.17. The second-order valence-corrected chi connectivity index (χ2v) is 6.23. The van der Waals surface area contributed by atoms with Crippen LogP contribution in [-0.4, -0.2) is 19.9 Å². The first-order chi connectivity index (χ1) is 7.45. The number of hydrogen-bond acceptors (Lipinski definition) is 3. The summed E-state index contributed by atoms with van der Waals surface area (Å²) in [5, 5.41) is 8.20. The molecule has 0 bridgehead atoms. The molecule has 0 spiro atoms. The fourth-order valence-corrected chi connectivity index (χ4v) is 3.58. The van der Waals surface area contributed by atoms with E-state index in [0.29, 0.717) is 5.56 Å². The van der Waals surface area contributed by atoms with Gasteiger partial charge < -0.3 is 0 Å². The molecule has 1 aliphatic carbocycles. The van der Waals surface area contributed by atoms with Gasteiger partial charge in [-0.15, -0.1) is 0 Å². The lowest BCUT2D eigenvalue weighted by Crippen LogP contribution is -2.06. The van der Waals surface area contributed by atoms with Gasteiger partial charge in [-0.3, -0.25) is 0 Å². The summed E-state index contributed by atoms with van der Waals surface area (Å²) in [7, 11) is -3.21. The Bertz CT molecular complexity index is 544. The highest BCUT2D eigenvalue weighted by molar-refractivity contribution is 7.91. The summed E-state index contributed by atoms with van der Waals surface area (Å²) in [4.78, 5) is 0. The minimum Gasteiger partial charge on any atom is -0.229 e. The SMILES string of the molecule is CS(=O)(=O)[C@H]1[C@@H](C#N)[C@@H]1c1ccc(F)cc1. The summed E-state index contributed by atoms with van der Waals surface area (Å²) < 4.78 is 35.5. The number of hydrogen-bond donors (Lipinski definition) is 0. The van der Waals surface area contributed by atoms with Gasteiger partial charge in [0.1, 0.15) is 5.82 Å². The predicted octanol–water partition coefficient (Wildman–Crippen LogP) is 1.48. The van der Waals surface area contributed by atoms with Gasteiger partial charge in [0, 0.05) is 12.2 Å². The van der Waals surface area contributed by atoms with Crippen molar-refractivity contribution in [1.82, 2.24) is 0 Å². The number of halogens is 1. The molecule has 5 heteroatoms. The zero-order chi connectivity index (χ0) is 11.9. The molecule has 1 saturated carbocycles. The van der Waals surface area contributed by atoms with Gasteiger partial charge in [-0.2, -0.15) is 5.26 Å². The average Bonchev–Trinajstić information content (AvgIpc) is 2.92. The molecular formula is C11H10FNO2S. The van der Waals surface area contributed by atoms with E-state index in [0.717, 1.165) is 6.26 Å². The molecular weight excluding hydrogens is 229 g/mol. The van der Waals surface area contributed by atoms with Gasteiger partial charge >= 0.3 is 0 Å². The molecule has 3 atom stereocenters. The molecule has 1 aliphatic rings. The van der Waals surface area contributed by atoms with E-state index in [1.54, 1.807) is 0 Å². The molecule has 0 unspecified atom stereocenters. The minimum atomic E-state index is -3.21. The smallest absolute Gasteiger partial charge is 0.152 e. The van der Waals surface area contributed by atoms with Crippen LogP contribution in [0.3, 0.4) is 0 Å². The Morgan fingerprint density at radius 1 is 1.31 bits per heavy atom. The second kappa shape index (κ2) is 3.56. The third kappa shape index (κ3) is 1.81. The van der Waals surface area contributed by atoms with Gasteiger partial charge in [-0.1, -0.05) is 12.1 Å². The highest BCUT2D eigenvalue weighted by Crippen LogP contribution is 2.51. The van der Waals surface area contributed by atoms with Crippen LogP contribution in [0.25, 0.3) is 0 Å². The molecule has 3 nitrogen and oxygen atoms in total. The van der Waals surface area contributed by atoms with Crippen molar-refractivity contribution in [3.63, 3.8) is 0 Å². The Kier molecular flexibility index (Phi) is 2.47. The van der Waals surface area contributed by atoms with E-state index >= 15 is 0 Å². The molecule has 0 aromatic heterocycles. The molecule has 0 aliphatic heterocycles. The fraction of sp³-hybridized carbons (Fsp3) is 0.364. The summed E-state index contributed by atoms with van der Waals surface area (Å²) in [6, 6.07) is 7.62. The zero-order valence-corrected chi connectivity index (χ0v) is 9.41. The van der Waals surface area contributed by atoms with Crippen LogP contribution in [0.5, 0.6) is 0 Å². The quantitative estimate of drug-likeness (QED) is 0.785. The average molecular weight is 239 g/mol. The van der Waals surface area contributed by atoms with Crippen molar-refractivity contribution in [2.75, 3.05) is 6.26 Å². The first kappa shape index (κ1) is 11.1. The van der Waals surface area contributed by atoms with Crippen LogP contribution < -0.4 is 0 Å². The van der Waals surface area contributed by atoms with Crippen molar-refractivity contribution in [3.8, 4) is 6.07 Å². The van der Waals surface area contributed by atoms with Gasteiger partial charge in [-0.25, -0.2) is 12.8 Å². The fourth-order valence-electron chi connectivity index (χ4n) is 2.05. The lowest BCUT2D eigenvalue weighted by molar-refractivity contribution is 0.599. The maximum Gasteiger partial charge on any atom is 0.152 e. The third-order valence-electron chi connectivity index (χ3n) is 2.85. The summed E-state index contributed by atoms with van der Waals surface area (Å²) in [6.45, 7) is 0. The topological polar surface area (TPSA) is 57.9 Å². The van der Waals surface area contributed by atoms with Crippen LogP contribution in [-0.2, 0) is 9.84 Å². The van der Waals surface area contributed by atoms with Crippen molar-refractivity contribution < 1.29 is 12.8 Å². The first-order valence-electron chi connectivity index (χ1n) is 4.79. The van der Waals surface area contributed by atoms with E-state index in [-0.39, 0.29) is 11.7 Å². The summed E-state index contributed by atoms with van der Waals surface area (Å²) in [6.07, 6.45) is 1.13. The van der Waals surface area contributed by atoms with Crippen molar-refractivity contribution in [1.29, 1.82) is 5.26 Å². The lowest BCUT2D eigenvalue weighted by atomic mass is 10.1. The zero-order valence-electron chi connectivity index (χ0n) is 8.59. The molecule has 84 valence electrons. The third-order valence-corrected chi connectivity index (χ3v) is 4.43. The van der Waals surface area contributed by atoms with Gasteiger partial charge in [0.2, 0.25) is 0 Å². The van der Waals surface area contributed by atoms with E-state index < -0.39 is 21.0 Å². The predicted molar refractivity (Wildman–Crippen MR) is 56.9 cm³/mol. The molecule has 1 aromatic rings. The minimum absolute atomic E-state index is 0.305. The lowest BCUT2D eigenvalue weighted by Gasteiger charge is -1.98. The summed E-state index contributed by atoms with van der Waals surface area (Å²) in [5.41, 5.74) is 0.711. The van der Waals surface area contributed by atoms with E-state index in [1.165, 1.54) is 24.3 Å². The summed E-state index contributed by atoms with van der Waals surface area (Å²) >= 11 is 0. The Hall–Kier alpha value is -1.41. The number of rotatable bonds is 2. The number of nitrogens with zero attached hydrogens (tertiary/aromatic N) is 1. The highest BCUT2D eigenvalue weighted by atomic mass is 32.2. The molecule has 2 rings (SSSR count). The monoisotopic (exact) mass is 239 g/mol. The number of sulfone groups is 1. The van der Waals surface area contributed by atoms with Crippen LogP contribution in [0.4, 0.5) is 4.39 Å². The van der Waals surface area contributed by atoms with E-state index in [4.69, 9.17) is 5.26 Å². The molecule has 1 aromatic carbocycles. The van der Waals surface area contributed by atoms with Crippen LogP contribution >= 0.6 is 0 Å². The number of benzene rings is 1. The van der Waals surface area contributed by atoms with Crippen molar-refractivity contribution >= 4 is 9.84 Å². The van der Waals surface area contributed by atoms with Crippen molar-refractivity contribution in [2.45, 2.75) is 11.2 Å². The van der Waals surface area contributed by atoms with Gasteiger partial charge in [0.15, 0.2) is 9.84 Å². The first-order valence-corrected chi connectivity index (χ1v) is 6.74. The standard InChI is InChI=1S/C11H10FNO2S/c1-16(14,15)11-9(6-13)10(11)7-2-4-8(12)5-3-7/h2-5,9-11H,1H3/t9-,10-,11-/m0/s1. The van der Waals surface area contributed by atoms with Crippen LogP contribution in [0.2, 0.25) is 0 Å².